The average Bonchev–Trinajstić information content (AvgIpc) is 2.66. The Kier molecular flexibility index (Phi) is 7.02. The lowest BCUT2D eigenvalue weighted by molar-refractivity contribution is -0.132. The zero-order chi connectivity index (χ0) is 20.7. The van der Waals surface area contributed by atoms with Gasteiger partial charge in [-0.25, -0.2) is 8.78 Å². The van der Waals surface area contributed by atoms with Crippen LogP contribution in [0.5, 0.6) is 5.75 Å². The van der Waals surface area contributed by atoms with Gasteiger partial charge in [0.15, 0.2) is 0 Å². The molecular formula is C19H19F2N3O4. The highest BCUT2D eigenvalue weighted by Gasteiger charge is 2.17. The Morgan fingerprint density at radius 3 is 2.36 bits per heavy atom. The van der Waals surface area contributed by atoms with Crippen LogP contribution in [0.1, 0.15) is 10.4 Å². The minimum absolute atomic E-state index is 0.244. The first-order valence-electron chi connectivity index (χ1n) is 8.21. The second-order valence-corrected chi connectivity index (χ2v) is 5.83. The molecule has 0 saturated carbocycles. The molecule has 9 heteroatoms. The standard InChI is InChI=1S/C19H19F2N3O4/c1-24(11-17(25)23-13-4-6-14(28-2)7-5-13)18(26)10-22-19(27)15-8-3-12(20)9-16(15)21/h3-9H,10-11H2,1-2H3,(H,22,27)(H,23,25). The number of carbonyl (C=O) groups is 3. The molecule has 2 rings (SSSR count). The van der Waals surface area contributed by atoms with Gasteiger partial charge in [0.1, 0.15) is 17.4 Å². The van der Waals surface area contributed by atoms with Crippen molar-refractivity contribution in [2.75, 3.05) is 32.6 Å². The maximum Gasteiger partial charge on any atom is 0.254 e. The molecule has 0 saturated heterocycles. The lowest BCUT2D eigenvalue weighted by Gasteiger charge is -2.17. The quantitative estimate of drug-likeness (QED) is 0.754. The van der Waals surface area contributed by atoms with Crippen LogP contribution in [0.3, 0.4) is 0 Å². The summed E-state index contributed by atoms with van der Waals surface area (Å²) >= 11 is 0. The largest absolute Gasteiger partial charge is 0.497 e. The van der Waals surface area contributed by atoms with Crippen molar-refractivity contribution in [2.45, 2.75) is 0 Å². The number of hydrogen-bond donors (Lipinski definition) is 2. The number of methoxy groups -OCH3 is 1. The number of hydrogen-bond acceptors (Lipinski definition) is 4. The molecule has 0 aliphatic carbocycles. The number of nitrogens with one attached hydrogen (secondary N) is 2. The Morgan fingerprint density at radius 1 is 1.07 bits per heavy atom. The Balaban J connectivity index is 1.82. The third kappa shape index (κ3) is 5.76. The molecule has 0 aliphatic rings. The molecule has 0 heterocycles. The van der Waals surface area contributed by atoms with Crippen molar-refractivity contribution in [3.8, 4) is 5.75 Å². The van der Waals surface area contributed by atoms with Crippen molar-refractivity contribution in [3.05, 3.63) is 59.7 Å². The van der Waals surface area contributed by atoms with Crippen molar-refractivity contribution in [3.63, 3.8) is 0 Å². The predicted molar refractivity (Wildman–Crippen MR) is 98.0 cm³/mol. The van der Waals surface area contributed by atoms with Gasteiger partial charge in [-0.2, -0.15) is 0 Å². The van der Waals surface area contributed by atoms with Crippen molar-refractivity contribution in [1.82, 2.24) is 10.2 Å². The molecule has 0 spiro atoms. The number of ether oxygens (including phenoxy) is 1. The number of halogens is 2. The summed E-state index contributed by atoms with van der Waals surface area (Å²) in [5, 5.41) is 4.86. The van der Waals surface area contributed by atoms with Gasteiger partial charge in [0.2, 0.25) is 11.8 Å². The summed E-state index contributed by atoms with van der Waals surface area (Å²) in [6.45, 7) is -0.687. The topological polar surface area (TPSA) is 87.7 Å². The van der Waals surface area contributed by atoms with Gasteiger partial charge in [-0.15, -0.1) is 0 Å². The Morgan fingerprint density at radius 2 is 1.75 bits per heavy atom. The molecule has 2 N–H and O–H groups in total. The minimum Gasteiger partial charge on any atom is -0.497 e. The van der Waals surface area contributed by atoms with E-state index in [1.807, 2.05) is 0 Å². The Bertz CT molecular complexity index is 872. The van der Waals surface area contributed by atoms with Crippen LogP contribution in [0.15, 0.2) is 42.5 Å². The minimum atomic E-state index is -1.03. The number of benzene rings is 2. The zero-order valence-corrected chi connectivity index (χ0v) is 15.3. The van der Waals surface area contributed by atoms with Crippen LogP contribution in [0, 0.1) is 11.6 Å². The molecule has 0 aromatic heterocycles. The van der Waals surface area contributed by atoms with Crippen LogP contribution >= 0.6 is 0 Å². The van der Waals surface area contributed by atoms with E-state index in [1.54, 1.807) is 24.3 Å². The maximum absolute atomic E-state index is 13.6. The van der Waals surface area contributed by atoms with Gasteiger partial charge in [-0.3, -0.25) is 14.4 Å². The molecule has 2 aromatic carbocycles. The van der Waals surface area contributed by atoms with Crippen molar-refractivity contribution in [2.24, 2.45) is 0 Å². The normalized spacial score (nSPS) is 10.1. The maximum atomic E-state index is 13.6. The number of rotatable bonds is 7. The molecule has 2 aromatic rings. The van der Waals surface area contributed by atoms with Crippen molar-refractivity contribution >= 4 is 23.4 Å². The summed E-state index contributed by atoms with van der Waals surface area (Å²) in [5.74, 6) is -3.05. The van der Waals surface area contributed by atoms with E-state index in [0.717, 1.165) is 17.0 Å². The van der Waals surface area contributed by atoms with Crippen molar-refractivity contribution < 1.29 is 27.9 Å². The molecule has 0 atom stereocenters. The molecule has 28 heavy (non-hydrogen) atoms. The number of anilines is 1. The molecule has 0 unspecified atom stereocenters. The van der Waals surface area contributed by atoms with E-state index in [4.69, 9.17) is 4.74 Å². The third-order valence-electron chi connectivity index (χ3n) is 3.76. The average molecular weight is 391 g/mol. The van der Waals surface area contributed by atoms with E-state index in [0.29, 0.717) is 17.5 Å². The molecule has 0 bridgehead atoms. The lowest BCUT2D eigenvalue weighted by Crippen LogP contribution is -2.41. The Labute approximate surface area is 160 Å². The van der Waals surface area contributed by atoms with Crippen LogP contribution in [0.2, 0.25) is 0 Å². The molecular weight excluding hydrogens is 372 g/mol. The van der Waals surface area contributed by atoms with Gasteiger partial charge in [0, 0.05) is 18.8 Å². The number of nitrogens with zero attached hydrogens (tertiary/aromatic N) is 1. The molecule has 148 valence electrons. The van der Waals surface area contributed by atoms with Crippen molar-refractivity contribution in [1.29, 1.82) is 0 Å². The second-order valence-electron chi connectivity index (χ2n) is 5.83. The number of amides is 3. The summed E-state index contributed by atoms with van der Waals surface area (Å²) < 4.78 is 31.4. The third-order valence-corrected chi connectivity index (χ3v) is 3.76. The highest BCUT2D eigenvalue weighted by atomic mass is 19.1. The predicted octanol–water partition coefficient (Wildman–Crippen LogP) is 1.80. The second kappa shape index (κ2) is 9.45. The first kappa shape index (κ1) is 20.8. The fourth-order valence-electron chi connectivity index (χ4n) is 2.24. The van der Waals surface area contributed by atoms with E-state index >= 15 is 0 Å². The Hall–Kier alpha value is -3.49. The van der Waals surface area contributed by atoms with E-state index in [1.165, 1.54) is 14.2 Å². The summed E-state index contributed by atoms with van der Waals surface area (Å²) in [4.78, 5) is 37.1. The molecule has 3 amide bonds. The van der Waals surface area contributed by atoms with E-state index in [9.17, 15) is 23.2 Å². The molecule has 7 nitrogen and oxygen atoms in total. The summed E-state index contributed by atoms with van der Waals surface area (Å²) in [6.07, 6.45) is 0. The van der Waals surface area contributed by atoms with Gasteiger partial charge >= 0.3 is 0 Å². The van der Waals surface area contributed by atoms with Gasteiger partial charge in [0.05, 0.1) is 25.8 Å². The summed E-state index contributed by atoms with van der Waals surface area (Å²) in [7, 11) is 2.91. The summed E-state index contributed by atoms with van der Waals surface area (Å²) in [5.41, 5.74) is 0.154. The van der Waals surface area contributed by atoms with Gasteiger partial charge in [0.25, 0.3) is 5.91 Å². The summed E-state index contributed by atoms with van der Waals surface area (Å²) in [6, 6.07) is 9.15. The van der Waals surface area contributed by atoms with Crippen LogP contribution in [-0.4, -0.2) is 49.9 Å². The SMILES string of the molecule is COc1ccc(NC(=O)CN(C)C(=O)CNC(=O)c2ccc(F)cc2F)cc1. The smallest absolute Gasteiger partial charge is 0.254 e. The van der Waals surface area contributed by atoms with Crippen LogP contribution in [-0.2, 0) is 9.59 Å². The number of likely N-dealkylation sites (N-methyl/N-ethyl adjacent to an activating group) is 1. The van der Waals surface area contributed by atoms with E-state index < -0.39 is 35.9 Å². The molecule has 0 radical (unpaired) electrons. The van der Waals surface area contributed by atoms with Gasteiger partial charge < -0.3 is 20.3 Å². The van der Waals surface area contributed by atoms with E-state index in [2.05, 4.69) is 10.6 Å². The first-order chi connectivity index (χ1) is 13.3. The lowest BCUT2D eigenvalue weighted by atomic mass is 10.2. The highest BCUT2D eigenvalue weighted by molar-refractivity contribution is 5.98. The van der Waals surface area contributed by atoms with Gasteiger partial charge in [-0.05, 0) is 36.4 Å². The zero-order valence-electron chi connectivity index (χ0n) is 15.3. The molecule has 0 aliphatic heterocycles. The molecule has 0 fully saturated rings. The monoisotopic (exact) mass is 391 g/mol. The number of carbonyl (C=O) groups excluding carboxylic acids is 3. The first-order valence-corrected chi connectivity index (χ1v) is 8.21. The highest BCUT2D eigenvalue weighted by Crippen LogP contribution is 2.14. The van der Waals surface area contributed by atoms with E-state index in [-0.39, 0.29) is 12.1 Å². The fraction of sp³-hybridized carbons (Fsp3) is 0.211. The fourth-order valence-corrected chi connectivity index (χ4v) is 2.24. The van der Waals surface area contributed by atoms with Crippen LogP contribution in [0.4, 0.5) is 14.5 Å². The van der Waals surface area contributed by atoms with Crippen LogP contribution < -0.4 is 15.4 Å². The van der Waals surface area contributed by atoms with Crippen LogP contribution in [0.25, 0.3) is 0 Å². The van der Waals surface area contributed by atoms with Gasteiger partial charge in [-0.1, -0.05) is 0 Å².